The number of alkyl halides is 2. The molecule has 0 saturated heterocycles. The zero-order valence-corrected chi connectivity index (χ0v) is 4.80. The van der Waals surface area contributed by atoms with Gasteiger partial charge in [0.05, 0.1) is 0 Å². The summed E-state index contributed by atoms with van der Waals surface area (Å²) in [6.07, 6.45) is 3.50. The second-order valence-corrected chi connectivity index (χ2v) is 1.13. The van der Waals surface area contributed by atoms with Gasteiger partial charge in [-0.1, -0.05) is 6.07 Å². The van der Waals surface area contributed by atoms with E-state index >= 15 is 0 Å². The summed E-state index contributed by atoms with van der Waals surface area (Å²) in [4.78, 5) is 3.78. The lowest BCUT2D eigenvalue weighted by atomic mass is 10.5. The van der Waals surface area contributed by atoms with Crippen molar-refractivity contribution in [1.29, 1.82) is 0 Å². The molecule has 1 heterocycles. The van der Waals surface area contributed by atoms with Crippen molar-refractivity contribution in [3.05, 3.63) is 30.6 Å². The third-order valence-corrected chi connectivity index (χ3v) is 0.566. The van der Waals surface area contributed by atoms with Crippen molar-refractivity contribution in [3.8, 4) is 0 Å². The molecule has 0 aliphatic heterocycles. The second kappa shape index (κ2) is 7.01. The molecule has 1 aromatic rings. The first-order valence-corrected chi connectivity index (χ1v) is 2.38. The molecular formula is C6H7F2N. The molecule has 0 saturated carbocycles. The standard InChI is InChI=1S/C5H5N.CH2F2/c1-2-4-6-5-3-1;2-1-3/h1-5H;1H2. The number of hydrogen-bond donors (Lipinski definition) is 0. The fraction of sp³-hybridized carbons (Fsp3) is 0.167. The number of rotatable bonds is 0. The molecule has 0 N–H and O–H groups in total. The van der Waals surface area contributed by atoms with Crippen LogP contribution in [0.15, 0.2) is 30.6 Å². The van der Waals surface area contributed by atoms with Gasteiger partial charge in [-0.05, 0) is 12.1 Å². The van der Waals surface area contributed by atoms with Gasteiger partial charge in [-0.3, -0.25) is 4.98 Å². The molecule has 0 fully saturated rings. The summed E-state index contributed by atoms with van der Waals surface area (Å²) in [6, 6.07) is 5.72. The molecular weight excluding hydrogens is 124 g/mol. The maximum Gasteiger partial charge on any atom is 0.229 e. The van der Waals surface area contributed by atoms with E-state index in [0.29, 0.717) is 0 Å². The van der Waals surface area contributed by atoms with E-state index in [1.807, 2.05) is 18.2 Å². The number of halogens is 2. The lowest BCUT2D eigenvalue weighted by Gasteiger charge is -1.70. The third kappa shape index (κ3) is 7.01. The van der Waals surface area contributed by atoms with Gasteiger partial charge >= 0.3 is 0 Å². The topological polar surface area (TPSA) is 12.9 Å². The van der Waals surface area contributed by atoms with Crippen LogP contribution in [0.5, 0.6) is 0 Å². The van der Waals surface area contributed by atoms with Gasteiger partial charge in [0.2, 0.25) is 6.93 Å². The number of pyridine rings is 1. The van der Waals surface area contributed by atoms with Gasteiger partial charge in [0.25, 0.3) is 0 Å². The Morgan fingerprint density at radius 3 is 1.56 bits per heavy atom. The zero-order valence-electron chi connectivity index (χ0n) is 4.80. The van der Waals surface area contributed by atoms with Crippen LogP contribution in [-0.4, -0.2) is 11.9 Å². The first-order valence-electron chi connectivity index (χ1n) is 2.38. The number of hydrogen-bond acceptors (Lipinski definition) is 1. The Morgan fingerprint density at radius 2 is 1.44 bits per heavy atom. The predicted octanol–water partition coefficient (Wildman–Crippen LogP) is 1.96. The van der Waals surface area contributed by atoms with Gasteiger partial charge in [-0.25, -0.2) is 8.78 Å². The summed E-state index contributed by atoms with van der Waals surface area (Å²) in [5.74, 6) is 0. The number of nitrogens with zero attached hydrogens (tertiary/aromatic N) is 1. The van der Waals surface area contributed by atoms with Crippen molar-refractivity contribution in [3.63, 3.8) is 0 Å². The van der Waals surface area contributed by atoms with Gasteiger partial charge in [0.1, 0.15) is 0 Å². The van der Waals surface area contributed by atoms with Crippen molar-refractivity contribution in [2.45, 2.75) is 0 Å². The summed E-state index contributed by atoms with van der Waals surface area (Å²) in [6.45, 7) is -1.75. The summed E-state index contributed by atoms with van der Waals surface area (Å²) < 4.78 is 19.2. The van der Waals surface area contributed by atoms with Gasteiger partial charge in [-0.15, -0.1) is 0 Å². The van der Waals surface area contributed by atoms with Crippen molar-refractivity contribution < 1.29 is 8.78 Å². The Bertz CT molecular complexity index is 93.9. The van der Waals surface area contributed by atoms with Gasteiger partial charge in [-0.2, -0.15) is 0 Å². The first-order chi connectivity index (χ1) is 4.41. The minimum Gasteiger partial charge on any atom is -0.265 e. The lowest BCUT2D eigenvalue weighted by molar-refractivity contribution is 0.295. The molecule has 0 radical (unpaired) electrons. The van der Waals surface area contributed by atoms with E-state index in [9.17, 15) is 8.78 Å². The first kappa shape index (κ1) is 8.01. The van der Waals surface area contributed by atoms with Crippen molar-refractivity contribution in [2.75, 3.05) is 6.93 Å². The van der Waals surface area contributed by atoms with Gasteiger partial charge < -0.3 is 0 Å². The van der Waals surface area contributed by atoms with Gasteiger partial charge in [0.15, 0.2) is 0 Å². The fourth-order valence-electron chi connectivity index (χ4n) is 0.313. The van der Waals surface area contributed by atoms with Crippen molar-refractivity contribution >= 4 is 0 Å². The third-order valence-electron chi connectivity index (χ3n) is 0.566. The molecule has 0 aliphatic carbocycles. The van der Waals surface area contributed by atoms with E-state index in [1.54, 1.807) is 12.4 Å². The van der Waals surface area contributed by atoms with Crippen LogP contribution in [0.3, 0.4) is 0 Å². The monoisotopic (exact) mass is 131 g/mol. The minimum atomic E-state index is -1.75. The molecule has 1 aromatic heterocycles. The molecule has 3 heteroatoms. The highest BCUT2D eigenvalue weighted by Crippen LogP contribution is 1.73. The Labute approximate surface area is 52.4 Å². The van der Waals surface area contributed by atoms with Crippen LogP contribution >= 0.6 is 0 Å². The van der Waals surface area contributed by atoms with E-state index in [-0.39, 0.29) is 0 Å². The Hall–Kier alpha value is -0.990. The van der Waals surface area contributed by atoms with Crippen molar-refractivity contribution in [2.24, 2.45) is 0 Å². The molecule has 0 atom stereocenters. The zero-order chi connectivity index (χ0) is 6.95. The molecule has 50 valence electrons. The SMILES string of the molecule is FCF.c1ccncc1. The van der Waals surface area contributed by atoms with Crippen LogP contribution in [0, 0.1) is 0 Å². The predicted molar refractivity (Wildman–Crippen MR) is 31.3 cm³/mol. The Morgan fingerprint density at radius 1 is 1.00 bits per heavy atom. The lowest BCUT2D eigenvalue weighted by Crippen LogP contribution is -1.58. The van der Waals surface area contributed by atoms with Crippen LogP contribution in [0.2, 0.25) is 0 Å². The van der Waals surface area contributed by atoms with E-state index in [1.165, 1.54) is 0 Å². The highest BCUT2D eigenvalue weighted by molar-refractivity contribution is 4.88. The summed E-state index contributed by atoms with van der Waals surface area (Å²) in [5.41, 5.74) is 0. The fourth-order valence-corrected chi connectivity index (χ4v) is 0.313. The molecule has 0 aliphatic rings. The van der Waals surface area contributed by atoms with Crippen LogP contribution in [0.4, 0.5) is 8.78 Å². The van der Waals surface area contributed by atoms with Gasteiger partial charge in [0, 0.05) is 12.4 Å². The smallest absolute Gasteiger partial charge is 0.229 e. The molecule has 0 aromatic carbocycles. The number of aromatic nitrogens is 1. The summed E-state index contributed by atoms with van der Waals surface area (Å²) in [5, 5.41) is 0. The van der Waals surface area contributed by atoms with E-state index < -0.39 is 6.93 Å². The van der Waals surface area contributed by atoms with E-state index in [2.05, 4.69) is 4.98 Å². The molecule has 0 unspecified atom stereocenters. The average Bonchev–Trinajstić information content (AvgIpc) is 1.93. The Balaban J connectivity index is 0.000000187. The van der Waals surface area contributed by atoms with Crippen LogP contribution in [0.1, 0.15) is 0 Å². The maximum absolute atomic E-state index is 9.62. The maximum atomic E-state index is 9.62. The normalized spacial score (nSPS) is 7.33. The molecule has 0 bridgehead atoms. The van der Waals surface area contributed by atoms with Crippen LogP contribution < -0.4 is 0 Å². The summed E-state index contributed by atoms with van der Waals surface area (Å²) in [7, 11) is 0. The molecule has 0 spiro atoms. The molecule has 1 rings (SSSR count). The molecule has 0 amide bonds. The van der Waals surface area contributed by atoms with Crippen LogP contribution in [0.25, 0.3) is 0 Å². The minimum absolute atomic E-state index is 1.75. The second-order valence-electron chi connectivity index (χ2n) is 1.13. The summed E-state index contributed by atoms with van der Waals surface area (Å²) >= 11 is 0. The van der Waals surface area contributed by atoms with E-state index in [4.69, 9.17) is 0 Å². The average molecular weight is 131 g/mol. The highest BCUT2D eigenvalue weighted by atomic mass is 19.3. The van der Waals surface area contributed by atoms with Crippen molar-refractivity contribution in [1.82, 2.24) is 4.98 Å². The largest absolute Gasteiger partial charge is 0.265 e. The quantitative estimate of drug-likeness (QED) is 0.524. The Kier molecular flexibility index (Phi) is 6.24. The highest BCUT2D eigenvalue weighted by Gasteiger charge is 1.58. The molecule has 1 nitrogen and oxygen atoms in total. The van der Waals surface area contributed by atoms with E-state index in [0.717, 1.165) is 0 Å². The molecule has 9 heavy (non-hydrogen) atoms. The van der Waals surface area contributed by atoms with Crippen LogP contribution in [-0.2, 0) is 0 Å².